The molecular weight excluding hydrogens is 294 g/mol. The number of hydrogen-bond acceptors (Lipinski definition) is 2. The Hall–Kier alpha value is -1.97. The van der Waals surface area contributed by atoms with Crippen LogP contribution in [-0.4, -0.2) is 11.1 Å². The highest BCUT2D eigenvalue weighted by molar-refractivity contribution is 6.32. The van der Waals surface area contributed by atoms with Crippen LogP contribution in [0.2, 0.25) is 5.02 Å². The minimum Gasteiger partial charge on any atom is -0.379 e. The second kappa shape index (κ2) is 4.51. The van der Waals surface area contributed by atoms with Crippen LogP contribution in [0.5, 0.6) is 0 Å². The first-order valence-electron chi connectivity index (χ1n) is 7.71. The Morgan fingerprint density at radius 2 is 2.00 bits per heavy atom. The predicted octanol–water partition coefficient (Wildman–Crippen LogP) is 3.86. The van der Waals surface area contributed by atoms with E-state index in [2.05, 4.69) is 45.5 Å². The van der Waals surface area contributed by atoms with Gasteiger partial charge in [-0.1, -0.05) is 29.8 Å². The molecule has 2 aliphatic heterocycles. The lowest BCUT2D eigenvalue weighted by molar-refractivity contribution is 0.631. The number of halogens is 1. The van der Waals surface area contributed by atoms with Gasteiger partial charge in [-0.2, -0.15) is 0 Å². The van der Waals surface area contributed by atoms with E-state index in [9.17, 15) is 0 Å². The number of benzene rings is 2. The van der Waals surface area contributed by atoms with Gasteiger partial charge in [0.1, 0.15) is 0 Å². The summed E-state index contributed by atoms with van der Waals surface area (Å²) >= 11 is 6.37. The highest BCUT2D eigenvalue weighted by atomic mass is 35.5. The third-order valence-corrected chi connectivity index (χ3v) is 5.00. The molecule has 3 heterocycles. The lowest BCUT2D eigenvalue weighted by Crippen LogP contribution is -2.24. The summed E-state index contributed by atoms with van der Waals surface area (Å²) in [5.41, 5.74) is 7.84. The zero-order valence-electron chi connectivity index (χ0n) is 12.1. The van der Waals surface area contributed by atoms with Crippen LogP contribution < -0.4 is 10.6 Å². The van der Waals surface area contributed by atoms with E-state index in [1.807, 2.05) is 6.07 Å². The Labute approximate surface area is 133 Å². The standard InChI is InChI=1S/C18H16ClN3/c19-12-7-13-14-10-20-6-5-17(14)22-16-4-2-1-3-11(16)9-21-15(8-12)18(13)22/h1-4,7-8,20-21H,5-6,9-10H2. The molecule has 0 saturated heterocycles. The van der Waals surface area contributed by atoms with E-state index in [4.69, 9.17) is 11.6 Å². The van der Waals surface area contributed by atoms with Crippen molar-refractivity contribution in [3.8, 4) is 5.69 Å². The van der Waals surface area contributed by atoms with Crippen LogP contribution in [0.25, 0.3) is 16.6 Å². The van der Waals surface area contributed by atoms with Gasteiger partial charge in [-0.25, -0.2) is 0 Å². The van der Waals surface area contributed by atoms with Crippen molar-refractivity contribution in [1.82, 2.24) is 9.88 Å². The average Bonchev–Trinajstić information content (AvgIpc) is 2.77. The van der Waals surface area contributed by atoms with Gasteiger partial charge in [0, 0.05) is 42.2 Å². The molecule has 0 spiro atoms. The fourth-order valence-corrected chi connectivity index (χ4v) is 4.06. The summed E-state index contributed by atoms with van der Waals surface area (Å²) < 4.78 is 2.45. The maximum atomic E-state index is 6.37. The maximum absolute atomic E-state index is 6.37. The lowest BCUT2D eigenvalue weighted by Gasteiger charge is -2.18. The van der Waals surface area contributed by atoms with Crippen molar-refractivity contribution >= 4 is 28.2 Å². The Balaban J connectivity index is 1.98. The van der Waals surface area contributed by atoms with Gasteiger partial charge in [0.2, 0.25) is 0 Å². The quantitative estimate of drug-likeness (QED) is 0.660. The Kier molecular flexibility index (Phi) is 2.58. The second-order valence-electron chi connectivity index (χ2n) is 6.02. The third kappa shape index (κ3) is 1.61. The van der Waals surface area contributed by atoms with Crippen molar-refractivity contribution in [3.05, 3.63) is 58.2 Å². The summed E-state index contributed by atoms with van der Waals surface area (Å²) in [4.78, 5) is 0. The molecule has 0 saturated carbocycles. The zero-order valence-corrected chi connectivity index (χ0v) is 12.9. The molecule has 0 atom stereocenters. The second-order valence-corrected chi connectivity index (χ2v) is 6.46. The molecule has 0 amide bonds. The first-order chi connectivity index (χ1) is 10.8. The molecule has 0 radical (unpaired) electrons. The molecule has 4 heteroatoms. The number of nitrogens with zero attached hydrogens (tertiary/aromatic N) is 1. The van der Waals surface area contributed by atoms with Gasteiger partial charge in [0.25, 0.3) is 0 Å². The van der Waals surface area contributed by atoms with E-state index in [0.717, 1.165) is 36.8 Å². The molecule has 0 bridgehead atoms. The summed E-state index contributed by atoms with van der Waals surface area (Å²) in [6, 6.07) is 12.8. The van der Waals surface area contributed by atoms with Crippen LogP contribution in [0.15, 0.2) is 36.4 Å². The highest BCUT2D eigenvalue weighted by Gasteiger charge is 2.25. The van der Waals surface area contributed by atoms with Crippen molar-refractivity contribution in [2.75, 3.05) is 11.9 Å². The SMILES string of the molecule is Clc1cc2c3c(c1)c1c(n3-c3ccccc3CN2)CCNC1. The molecule has 0 unspecified atom stereocenters. The summed E-state index contributed by atoms with van der Waals surface area (Å²) in [7, 11) is 0. The molecule has 2 aliphatic rings. The molecule has 0 aliphatic carbocycles. The zero-order chi connectivity index (χ0) is 14.7. The van der Waals surface area contributed by atoms with Gasteiger partial charge in [-0.05, 0) is 29.3 Å². The Morgan fingerprint density at radius 1 is 1.09 bits per heavy atom. The van der Waals surface area contributed by atoms with E-state index in [1.165, 1.54) is 33.4 Å². The van der Waals surface area contributed by atoms with Crippen LogP contribution in [0, 0.1) is 0 Å². The fraction of sp³-hybridized carbons (Fsp3) is 0.222. The van der Waals surface area contributed by atoms with Crippen molar-refractivity contribution in [1.29, 1.82) is 0 Å². The van der Waals surface area contributed by atoms with Crippen molar-refractivity contribution in [3.63, 3.8) is 0 Å². The monoisotopic (exact) mass is 309 g/mol. The molecule has 110 valence electrons. The van der Waals surface area contributed by atoms with E-state index in [-0.39, 0.29) is 0 Å². The van der Waals surface area contributed by atoms with Gasteiger partial charge in [-0.15, -0.1) is 0 Å². The van der Waals surface area contributed by atoms with E-state index in [1.54, 1.807) is 0 Å². The Bertz CT molecular complexity index is 910. The van der Waals surface area contributed by atoms with E-state index >= 15 is 0 Å². The largest absolute Gasteiger partial charge is 0.379 e. The fourth-order valence-electron chi connectivity index (χ4n) is 3.85. The van der Waals surface area contributed by atoms with Gasteiger partial charge in [-0.3, -0.25) is 0 Å². The number of nitrogens with one attached hydrogen (secondary N) is 2. The molecule has 5 rings (SSSR count). The first kappa shape index (κ1) is 12.6. The van der Waals surface area contributed by atoms with Gasteiger partial charge in [0.15, 0.2) is 0 Å². The molecule has 2 N–H and O–H groups in total. The lowest BCUT2D eigenvalue weighted by atomic mass is 10.1. The minimum atomic E-state index is 0.798. The van der Waals surface area contributed by atoms with Crippen molar-refractivity contribution in [2.45, 2.75) is 19.5 Å². The third-order valence-electron chi connectivity index (χ3n) is 4.78. The van der Waals surface area contributed by atoms with Crippen LogP contribution >= 0.6 is 11.6 Å². The highest BCUT2D eigenvalue weighted by Crippen LogP contribution is 2.40. The summed E-state index contributed by atoms with van der Waals surface area (Å²) in [6.45, 7) is 2.78. The van der Waals surface area contributed by atoms with Crippen molar-refractivity contribution in [2.24, 2.45) is 0 Å². The van der Waals surface area contributed by atoms with Crippen molar-refractivity contribution < 1.29 is 0 Å². The van der Waals surface area contributed by atoms with E-state index in [0.29, 0.717) is 0 Å². The van der Waals surface area contributed by atoms with Gasteiger partial charge >= 0.3 is 0 Å². The van der Waals surface area contributed by atoms with Crippen LogP contribution in [0.1, 0.15) is 16.8 Å². The average molecular weight is 310 g/mol. The Morgan fingerprint density at radius 3 is 2.95 bits per heavy atom. The molecule has 1 aromatic heterocycles. The summed E-state index contributed by atoms with van der Waals surface area (Å²) in [5, 5.41) is 9.13. The van der Waals surface area contributed by atoms with E-state index < -0.39 is 0 Å². The normalized spacial score (nSPS) is 15.9. The number of anilines is 1. The van der Waals surface area contributed by atoms with Crippen LogP contribution in [0.4, 0.5) is 5.69 Å². The molecule has 0 fully saturated rings. The number of aromatic nitrogens is 1. The van der Waals surface area contributed by atoms with Gasteiger partial charge < -0.3 is 15.2 Å². The van der Waals surface area contributed by atoms with Crippen LogP contribution in [0.3, 0.4) is 0 Å². The molecule has 3 aromatic rings. The number of fused-ring (bicyclic) bond motifs is 5. The summed E-state index contributed by atoms with van der Waals surface area (Å²) in [6.07, 6.45) is 1.05. The maximum Gasteiger partial charge on any atom is 0.0768 e. The van der Waals surface area contributed by atoms with Crippen LogP contribution in [-0.2, 0) is 19.5 Å². The number of para-hydroxylation sites is 1. The molecular formula is C18H16ClN3. The topological polar surface area (TPSA) is 29.0 Å². The number of rotatable bonds is 0. The summed E-state index contributed by atoms with van der Waals surface area (Å²) in [5.74, 6) is 0. The number of hydrogen-bond donors (Lipinski definition) is 2. The molecule has 3 nitrogen and oxygen atoms in total. The predicted molar refractivity (Wildman–Crippen MR) is 91.0 cm³/mol. The first-order valence-corrected chi connectivity index (χ1v) is 8.09. The van der Waals surface area contributed by atoms with Gasteiger partial charge in [0.05, 0.1) is 16.9 Å². The smallest absolute Gasteiger partial charge is 0.0768 e. The minimum absolute atomic E-state index is 0.798. The molecule has 2 aromatic carbocycles. The molecule has 22 heavy (non-hydrogen) atoms.